The predicted octanol–water partition coefficient (Wildman–Crippen LogP) is -0.636. The van der Waals surface area contributed by atoms with Gasteiger partial charge in [-0.1, -0.05) is 13.8 Å². The van der Waals surface area contributed by atoms with Gasteiger partial charge in [0.1, 0.15) is 0 Å². The Morgan fingerprint density at radius 1 is 1.67 bits per heavy atom. The molecule has 0 aliphatic rings. The third-order valence-corrected chi connectivity index (χ3v) is 2.44. The zero-order chi connectivity index (χ0) is 13.9. The van der Waals surface area contributed by atoms with E-state index in [9.17, 15) is 13.2 Å². The van der Waals surface area contributed by atoms with Gasteiger partial charge in [0.2, 0.25) is 5.91 Å². The molecule has 7 heteroatoms. The first-order valence-electron chi connectivity index (χ1n) is 5.47. The van der Waals surface area contributed by atoms with Gasteiger partial charge in [0, 0.05) is 9.24 Å². The molecular formula is C8H18N2O4S. The van der Waals surface area contributed by atoms with Crippen molar-refractivity contribution >= 4 is 16.0 Å². The average Bonchev–Trinajstić information content (AvgIpc) is 2.12. The molecule has 0 bridgehead atoms. The Balaban J connectivity index is 4.40. The van der Waals surface area contributed by atoms with Crippen LogP contribution < -0.4 is 11.1 Å². The molecule has 0 aliphatic carbocycles. The number of rotatable bonds is 6. The van der Waals surface area contributed by atoms with Gasteiger partial charge in [-0.05, 0) is 12.3 Å². The summed E-state index contributed by atoms with van der Waals surface area (Å²) < 4.78 is 44.1. The molecule has 0 rings (SSSR count). The van der Waals surface area contributed by atoms with Crippen LogP contribution in [0, 0.1) is 5.92 Å². The molecule has 0 aromatic carbocycles. The Labute approximate surface area is 92.8 Å². The minimum absolute atomic E-state index is 0.160. The van der Waals surface area contributed by atoms with E-state index < -0.39 is 40.7 Å². The molecule has 15 heavy (non-hydrogen) atoms. The van der Waals surface area contributed by atoms with Gasteiger partial charge >= 0.3 is 0 Å². The van der Waals surface area contributed by atoms with Crippen molar-refractivity contribution in [2.45, 2.75) is 26.3 Å². The van der Waals surface area contributed by atoms with Gasteiger partial charge < -0.3 is 11.1 Å². The molecule has 0 aromatic rings. The third kappa shape index (κ3) is 7.29. The summed E-state index contributed by atoms with van der Waals surface area (Å²) in [6.07, 6.45) is -0.539. The third-order valence-electron chi connectivity index (χ3n) is 1.72. The summed E-state index contributed by atoms with van der Waals surface area (Å²) in [5, 5.41) is 2.00. The zero-order valence-corrected chi connectivity index (χ0v) is 9.54. The lowest BCUT2D eigenvalue weighted by atomic mass is 10.1. The van der Waals surface area contributed by atoms with E-state index in [1.54, 1.807) is 13.8 Å². The zero-order valence-electron chi connectivity index (χ0n) is 10.7. The summed E-state index contributed by atoms with van der Waals surface area (Å²) in [7, 11) is -4.25. The molecule has 1 atom stereocenters. The maximum Gasteiger partial charge on any atom is 0.264 e. The van der Waals surface area contributed by atoms with Crippen molar-refractivity contribution in [3.63, 3.8) is 0 Å². The minimum Gasteiger partial charge on any atom is -0.355 e. The van der Waals surface area contributed by atoms with Crippen LogP contribution in [0.15, 0.2) is 0 Å². The highest BCUT2D eigenvalue weighted by molar-refractivity contribution is 7.85. The predicted molar refractivity (Wildman–Crippen MR) is 56.9 cm³/mol. The molecule has 0 aromatic heterocycles. The quantitative estimate of drug-likeness (QED) is 0.536. The number of nitrogens with one attached hydrogen (secondary N) is 1. The van der Waals surface area contributed by atoms with Crippen LogP contribution in [0.1, 0.15) is 23.0 Å². The van der Waals surface area contributed by atoms with E-state index in [-0.39, 0.29) is 5.92 Å². The van der Waals surface area contributed by atoms with E-state index in [2.05, 4.69) is 0 Å². The highest BCUT2D eigenvalue weighted by atomic mass is 32.2. The second-order valence-electron chi connectivity index (χ2n) is 3.47. The summed E-state index contributed by atoms with van der Waals surface area (Å²) in [5.41, 5.74) is 5.50. The van der Waals surface area contributed by atoms with Gasteiger partial charge in [0.25, 0.3) is 10.1 Å². The van der Waals surface area contributed by atoms with E-state index >= 15 is 0 Å². The Hall–Kier alpha value is -0.660. The number of carbonyl (C=O) groups excluding carboxylic acids is 1. The van der Waals surface area contributed by atoms with E-state index in [0.717, 1.165) is 0 Å². The molecule has 0 saturated heterocycles. The Morgan fingerprint density at radius 2 is 2.20 bits per heavy atom. The molecule has 1 amide bonds. The van der Waals surface area contributed by atoms with Crippen molar-refractivity contribution in [2.75, 3.05) is 12.2 Å². The molecule has 6 nitrogen and oxygen atoms in total. The van der Waals surface area contributed by atoms with E-state index in [0.29, 0.717) is 0 Å². The number of nitrogens with two attached hydrogens (primary N) is 1. The molecule has 90 valence electrons. The molecule has 0 heterocycles. The van der Waals surface area contributed by atoms with E-state index in [1.807, 2.05) is 5.32 Å². The fourth-order valence-corrected chi connectivity index (χ4v) is 1.08. The first-order chi connectivity index (χ1) is 7.44. The first-order valence-corrected chi connectivity index (χ1v) is 6.08. The second kappa shape index (κ2) is 6.04. The summed E-state index contributed by atoms with van der Waals surface area (Å²) in [6.45, 7) is 1.19. The van der Waals surface area contributed by atoms with Crippen LogP contribution >= 0.6 is 0 Å². The molecule has 0 saturated carbocycles. The lowest BCUT2D eigenvalue weighted by Crippen LogP contribution is -2.44. The number of amides is 1. The van der Waals surface area contributed by atoms with Gasteiger partial charge in [0.15, 0.2) is 0 Å². The molecule has 0 radical (unpaired) electrons. The van der Waals surface area contributed by atoms with Crippen molar-refractivity contribution in [3.05, 3.63) is 0 Å². The van der Waals surface area contributed by atoms with Gasteiger partial charge in [0.05, 0.1) is 11.8 Å². The standard InChI is InChI=1S/C8H18N2O4S/c1-6(2)7(9)8(11)10-4-3-5-15(12,13)14/h6-7H,3-5,9H2,1-2H3,(H,10,11)(H,12,13,14)/t7-/m0/s1/i4D2,11+1. The summed E-state index contributed by atoms with van der Waals surface area (Å²) in [6, 6.07) is -0.865. The topological polar surface area (TPSA) is 109 Å². The maximum absolute atomic E-state index is 11.4. The van der Waals surface area contributed by atoms with E-state index in [1.165, 1.54) is 0 Å². The van der Waals surface area contributed by atoms with Crippen LogP contribution in [0.5, 0.6) is 0 Å². The Kier molecular flexibility index (Phi) is 4.37. The summed E-state index contributed by atoms with van der Waals surface area (Å²) in [5.74, 6) is -1.62. The molecule has 0 spiro atoms. The maximum atomic E-state index is 11.4. The van der Waals surface area contributed by atoms with Gasteiger partial charge in [-0.25, -0.2) is 0 Å². The second-order valence-corrected chi connectivity index (χ2v) is 5.04. The van der Waals surface area contributed by atoms with Crippen LogP contribution in [0.3, 0.4) is 0 Å². The molecule has 0 fully saturated rings. The Bertz CT molecular complexity index is 370. The monoisotopic (exact) mass is 241 g/mol. The van der Waals surface area contributed by atoms with Crippen molar-refractivity contribution in [2.24, 2.45) is 11.7 Å². The highest BCUT2D eigenvalue weighted by Gasteiger charge is 2.16. The van der Waals surface area contributed by atoms with Crippen LogP contribution in [0.4, 0.5) is 0 Å². The van der Waals surface area contributed by atoms with Gasteiger partial charge in [-0.2, -0.15) is 8.42 Å². The van der Waals surface area contributed by atoms with Gasteiger partial charge in [-0.3, -0.25) is 9.35 Å². The Morgan fingerprint density at radius 3 is 2.60 bits per heavy atom. The fourth-order valence-electron chi connectivity index (χ4n) is 0.716. The fraction of sp³-hybridized carbons (Fsp3) is 0.875. The van der Waals surface area contributed by atoms with E-state index in [4.69, 9.17) is 13.0 Å². The lowest BCUT2D eigenvalue weighted by molar-refractivity contribution is -0.123. The molecule has 0 aliphatic heterocycles. The highest BCUT2D eigenvalue weighted by Crippen LogP contribution is 1.97. The molecular weight excluding hydrogens is 221 g/mol. The van der Waals surface area contributed by atoms with Gasteiger partial charge in [-0.15, -0.1) is 0 Å². The van der Waals surface area contributed by atoms with Crippen molar-refractivity contribution in [1.29, 1.82) is 0 Å². The SMILES string of the molecule is [2H]C([2H])(CCS(=O)(=O)O)NC(=[17O])[C@@H](N)C(C)C. The van der Waals surface area contributed by atoms with Crippen molar-refractivity contribution in [3.8, 4) is 0 Å². The average molecular weight is 241 g/mol. The molecule has 0 unspecified atom stereocenters. The summed E-state index contributed by atoms with van der Waals surface area (Å²) >= 11 is 0. The number of carbonyl (C=O) groups is 1. The normalized spacial score (nSPS) is 16.9. The van der Waals surface area contributed by atoms with Crippen molar-refractivity contribution in [1.82, 2.24) is 5.32 Å². The number of hydrogen-bond acceptors (Lipinski definition) is 4. The number of hydrogen-bond donors (Lipinski definition) is 3. The minimum atomic E-state index is -4.25. The first kappa shape index (κ1) is 10.8. The smallest absolute Gasteiger partial charge is 0.264 e. The van der Waals surface area contributed by atoms with Crippen molar-refractivity contribution < 1.29 is 20.5 Å². The van der Waals surface area contributed by atoms with Crippen LogP contribution in [0.2, 0.25) is 0 Å². The molecule has 4 N–H and O–H groups in total. The van der Waals surface area contributed by atoms with Crippen LogP contribution in [0.25, 0.3) is 0 Å². The largest absolute Gasteiger partial charge is 0.355 e. The summed E-state index contributed by atoms with van der Waals surface area (Å²) in [4.78, 5) is 11.4. The van der Waals surface area contributed by atoms with Crippen LogP contribution in [-0.2, 0) is 14.9 Å². The lowest BCUT2D eigenvalue weighted by Gasteiger charge is -2.14. The van der Waals surface area contributed by atoms with Crippen LogP contribution in [-0.4, -0.2) is 37.2 Å².